The van der Waals surface area contributed by atoms with Crippen LogP contribution in [0.25, 0.3) is 11.1 Å². The van der Waals surface area contributed by atoms with Gasteiger partial charge in [-0.1, -0.05) is 13.3 Å². The summed E-state index contributed by atoms with van der Waals surface area (Å²) < 4.78 is 5.56. The van der Waals surface area contributed by atoms with Crippen LogP contribution in [0.15, 0.2) is 22.6 Å². The van der Waals surface area contributed by atoms with Crippen molar-refractivity contribution in [3.05, 3.63) is 24.1 Å². The van der Waals surface area contributed by atoms with E-state index in [1.54, 1.807) is 0 Å². The maximum atomic E-state index is 5.65. The van der Waals surface area contributed by atoms with Crippen LogP contribution < -0.4 is 5.73 Å². The van der Waals surface area contributed by atoms with Crippen molar-refractivity contribution < 1.29 is 4.42 Å². The summed E-state index contributed by atoms with van der Waals surface area (Å²) in [5.74, 6) is 0.812. The summed E-state index contributed by atoms with van der Waals surface area (Å²) >= 11 is 0. The zero-order chi connectivity index (χ0) is 9.97. The number of rotatable bonds is 3. The minimum absolute atomic E-state index is 0.718. The first-order chi connectivity index (χ1) is 6.79. The van der Waals surface area contributed by atoms with Crippen molar-refractivity contribution >= 4 is 16.8 Å². The van der Waals surface area contributed by atoms with Gasteiger partial charge in [-0.25, -0.2) is 4.98 Å². The molecule has 2 aromatic rings. The number of fused-ring (bicyclic) bond motifs is 1. The number of nitrogens with zero attached hydrogens (tertiary/aromatic N) is 1. The fraction of sp³-hybridized carbons (Fsp3) is 0.364. The number of aryl methyl sites for hydroxylation is 1. The highest BCUT2D eigenvalue weighted by atomic mass is 16.3. The van der Waals surface area contributed by atoms with E-state index >= 15 is 0 Å². The molecule has 3 heteroatoms. The molecule has 1 heterocycles. The Balaban J connectivity index is 2.32. The molecule has 0 unspecified atom stereocenters. The molecule has 0 spiro atoms. The van der Waals surface area contributed by atoms with Crippen LogP contribution in [0.5, 0.6) is 0 Å². The number of aromatic nitrogens is 1. The van der Waals surface area contributed by atoms with E-state index in [9.17, 15) is 0 Å². The average Bonchev–Trinajstić information content (AvgIpc) is 2.56. The van der Waals surface area contributed by atoms with Crippen LogP contribution in [0.1, 0.15) is 25.7 Å². The van der Waals surface area contributed by atoms with Gasteiger partial charge in [-0.3, -0.25) is 0 Å². The van der Waals surface area contributed by atoms with E-state index in [1.165, 1.54) is 0 Å². The molecule has 74 valence electrons. The summed E-state index contributed by atoms with van der Waals surface area (Å²) in [6.45, 7) is 2.15. The lowest BCUT2D eigenvalue weighted by Gasteiger charge is -1.90. The minimum atomic E-state index is 0.718. The Morgan fingerprint density at radius 1 is 1.43 bits per heavy atom. The zero-order valence-corrected chi connectivity index (χ0v) is 8.29. The van der Waals surface area contributed by atoms with E-state index in [0.717, 1.165) is 41.9 Å². The van der Waals surface area contributed by atoms with Crippen molar-refractivity contribution in [3.63, 3.8) is 0 Å². The highest BCUT2D eigenvalue weighted by Crippen LogP contribution is 2.19. The number of nitrogen functional groups attached to an aromatic ring is 1. The van der Waals surface area contributed by atoms with Gasteiger partial charge in [-0.2, -0.15) is 0 Å². The third-order valence-corrected chi connectivity index (χ3v) is 2.20. The molecule has 0 fully saturated rings. The molecule has 1 aromatic carbocycles. The van der Waals surface area contributed by atoms with Crippen LogP contribution in [0.3, 0.4) is 0 Å². The predicted molar refractivity (Wildman–Crippen MR) is 57.0 cm³/mol. The maximum absolute atomic E-state index is 5.65. The van der Waals surface area contributed by atoms with Crippen molar-refractivity contribution in [2.24, 2.45) is 0 Å². The summed E-state index contributed by atoms with van der Waals surface area (Å²) in [5, 5.41) is 0. The van der Waals surface area contributed by atoms with Crippen LogP contribution in [-0.2, 0) is 6.42 Å². The first-order valence-electron chi connectivity index (χ1n) is 4.94. The molecule has 0 radical (unpaired) electrons. The Bertz CT molecular complexity index is 434. The molecule has 1 aromatic heterocycles. The average molecular weight is 190 g/mol. The number of anilines is 1. The van der Waals surface area contributed by atoms with Crippen molar-refractivity contribution in [1.82, 2.24) is 4.98 Å². The Labute approximate surface area is 82.9 Å². The number of benzene rings is 1. The monoisotopic (exact) mass is 190 g/mol. The number of oxazole rings is 1. The molecular weight excluding hydrogens is 176 g/mol. The minimum Gasteiger partial charge on any atom is -0.441 e. The third kappa shape index (κ3) is 1.71. The third-order valence-electron chi connectivity index (χ3n) is 2.20. The van der Waals surface area contributed by atoms with E-state index in [4.69, 9.17) is 10.2 Å². The van der Waals surface area contributed by atoms with Crippen molar-refractivity contribution in [2.45, 2.75) is 26.2 Å². The molecule has 0 atom stereocenters. The highest BCUT2D eigenvalue weighted by molar-refractivity contribution is 5.76. The largest absolute Gasteiger partial charge is 0.441 e. The van der Waals surface area contributed by atoms with Crippen LogP contribution in [-0.4, -0.2) is 4.98 Å². The van der Waals surface area contributed by atoms with E-state index in [1.807, 2.05) is 18.2 Å². The van der Waals surface area contributed by atoms with Crippen LogP contribution in [0.2, 0.25) is 0 Å². The van der Waals surface area contributed by atoms with E-state index in [-0.39, 0.29) is 0 Å². The van der Waals surface area contributed by atoms with Gasteiger partial charge in [0.05, 0.1) is 0 Å². The molecule has 3 nitrogen and oxygen atoms in total. The summed E-state index contributed by atoms with van der Waals surface area (Å²) in [6, 6.07) is 5.55. The number of unbranched alkanes of at least 4 members (excludes halogenated alkanes) is 1. The molecule has 14 heavy (non-hydrogen) atoms. The Morgan fingerprint density at radius 2 is 2.29 bits per heavy atom. The topological polar surface area (TPSA) is 52.0 Å². The van der Waals surface area contributed by atoms with Gasteiger partial charge in [0.2, 0.25) is 0 Å². The molecule has 0 amide bonds. The lowest BCUT2D eigenvalue weighted by atomic mass is 10.2. The quantitative estimate of drug-likeness (QED) is 0.757. The molecule has 0 aliphatic heterocycles. The Kier molecular flexibility index (Phi) is 2.39. The molecule has 2 N–H and O–H groups in total. The summed E-state index contributed by atoms with van der Waals surface area (Å²) in [4.78, 5) is 4.37. The van der Waals surface area contributed by atoms with Gasteiger partial charge in [0.15, 0.2) is 11.5 Å². The van der Waals surface area contributed by atoms with Crippen molar-refractivity contribution in [1.29, 1.82) is 0 Å². The molecular formula is C11H14N2O. The predicted octanol–water partition coefficient (Wildman–Crippen LogP) is 2.75. The Morgan fingerprint density at radius 3 is 3.07 bits per heavy atom. The van der Waals surface area contributed by atoms with Gasteiger partial charge in [-0.05, 0) is 18.6 Å². The lowest BCUT2D eigenvalue weighted by Crippen LogP contribution is -1.82. The molecule has 0 bridgehead atoms. The lowest BCUT2D eigenvalue weighted by molar-refractivity contribution is 0.518. The van der Waals surface area contributed by atoms with Gasteiger partial charge < -0.3 is 10.2 Å². The first-order valence-corrected chi connectivity index (χ1v) is 4.94. The number of hydrogen-bond acceptors (Lipinski definition) is 3. The second-order valence-corrected chi connectivity index (χ2v) is 3.44. The SMILES string of the molecule is CCCCc1nc2ccc(N)cc2o1. The number of hydrogen-bond donors (Lipinski definition) is 1. The second-order valence-electron chi connectivity index (χ2n) is 3.44. The van der Waals surface area contributed by atoms with Crippen molar-refractivity contribution in [3.8, 4) is 0 Å². The molecule has 0 saturated carbocycles. The Hall–Kier alpha value is -1.51. The summed E-state index contributed by atoms with van der Waals surface area (Å²) in [5.41, 5.74) is 8.05. The van der Waals surface area contributed by atoms with Crippen LogP contribution in [0, 0.1) is 0 Å². The number of nitrogens with two attached hydrogens (primary N) is 1. The zero-order valence-electron chi connectivity index (χ0n) is 8.29. The normalized spacial score (nSPS) is 10.9. The molecule has 0 aliphatic rings. The van der Waals surface area contributed by atoms with Gasteiger partial charge in [0.25, 0.3) is 0 Å². The van der Waals surface area contributed by atoms with Gasteiger partial charge >= 0.3 is 0 Å². The van der Waals surface area contributed by atoms with Gasteiger partial charge in [0.1, 0.15) is 5.52 Å². The highest BCUT2D eigenvalue weighted by Gasteiger charge is 2.04. The smallest absolute Gasteiger partial charge is 0.195 e. The summed E-state index contributed by atoms with van der Waals surface area (Å²) in [7, 11) is 0. The van der Waals surface area contributed by atoms with E-state index in [2.05, 4.69) is 11.9 Å². The second kappa shape index (κ2) is 3.70. The van der Waals surface area contributed by atoms with E-state index in [0.29, 0.717) is 0 Å². The first kappa shape index (κ1) is 9.06. The van der Waals surface area contributed by atoms with Crippen LogP contribution in [0.4, 0.5) is 5.69 Å². The molecule has 2 rings (SSSR count). The fourth-order valence-electron chi connectivity index (χ4n) is 1.42. The molecule has 0 saturated heterocycles. The fourth-order valence-corrected chi connectivity index (χ4v) is 1.42. The van der Waals surface area contributed by atoms with Crippen LogP contribution >= 0.6 is 0 Å². The maximum Gasteiger partial charge on any atom is 0.195 e. The molecule has 0 aliphatic carbocycles. The van der Waals surface area contributed by atoms with Crippen molar-refractivity contribution in [2.75, 3.05) is 5.73 Å². The van der Waals surface area contributed by atoms with Gasteiger partial charge in [0, 0.05) is 18.2 Å². The van der Waals surface area contributed by atoms with Gasteiger partial charge in [-0.15, -0.1) is 0 Å². The summed E-state index contributed by atoms with van der Waals surface area (Å²) in [6.07, 6.45) is 3.17. The standard InChI is InChI=1S/C11H14N2O/c1-2-3-4-11-13-9-6-5-8(12)7-10(9)14-11/h5-7H,2-4,12H2,1H3. The van der Waals surface area contributed by atoms with E-state index < -0.39 is 0 Å².